The second-order valence-corrected chi connectivity index (χ2v) is 9.49. The molecule has 2 aromatic rings. The molecule has 206 valence electrons. The van der Waals surface area contributed by atoms with Crippen LogP contribution in [0.2, 0.25) is 10.0 Å². The molecule has 1 heterocycles. The first-order valence-corrected chi connectivity index (χ1v) is 12.6. The average molecular weight is 568 g/mol. The minimum Gasteiger partial charge on any atom is -0.507 e. The molecule has 0 spiro atoms. The Labute approximate surface area is 231 Å². The number of ketones is 1. The summed E-state index contributed by atoms with van der Waals surface area (Å²) in [4.78, 5) is 28.0. The predicted octanol–water partition coefficient (Wildman–Crippen LogP) is 5.26. The number of carbonyl (C=O) groups excluding carboxylic acids is 2. The number of Topliss-reactive ketones (excluding diaryl/α,β-unsaturated/α-hetero) is 1. The number of benzene rings is 2. The summed E-state index contributed by atoms with van der Waals surface area (Å²) in [6.45, 7) is 4.35. The van der Waals surface area contributed by atoms with E-state index >= 15 is 0 Å². The van der Waals surface area contributed by atoms with Crippen molar-refractivity contribution in [3.63, 3.8) is 0 Å². The van der Waals surface area contributed by atoms with Gasteiger partial charge in [0.25, 0.3) is 11.7 Å². The molecule has 0 radical (unpaired) electrons. The van der Waals surface area contributed by atoms with Crippen LogP contribution in [0, 0.1) is 0 Å². The lowest BCUT2D eigenvalue weighted by Crippen LogP contribution is -2.31. The van der Waals surface area contributed by atoms with Crippen LogP contribution in [-0.4, -0.2) is 69.4 Å². The van der Waals surface area contributed by atoms with Gasteiger partial charge >= 0.3 is 0 Å². The van der Waals surface area contributed by atoms with Crippen molar-refractivity contribution in [2.45, 2.75) is 32.4 Å². The Morgan fingerprint density at radius 1 is 1.00 bits per heavy atom. The van der Waals surface area contributed by atoms with Gasteiger partial charge in [0.1, 0.15) is 10.8 Å². The summed E-state index contributed by atoms with van der Waals surface area (Å²) in [5.74, 6) is -1.04. The van der Waals surface area contributed by atoms with Gasteiger partial charge in [-0.3, -0.25) is 9.59 Å². The zero-order chi connectivity index (χ0) is 28.1. The van der Waals surface area contributed by atoms with E-state index in [4.69, 9.17) is 46.9 Å². The Morgan fingerprint density at radius 3 is 2.26 bits per heavy atom. The molecule has 1 fully saturated rings. The summed E-state index contributed by atoms with van der Waals surface area (Å²) >= 11 is 12.8. The fourth-order valence-corrected chi connectivity index (χ4v) is 5.02. The number of aliphatic hydroxyl groups excluding tert-OH is 1. The van der Waals surface area contributed by atoms with Crippen LogP contribution in [-0.2, 0) is 14.3 Å². The number of hydrogen-bond donors (Lipinski definition) is 1. The molecule has 1 amide bonds. The number of ether oxygens (including phenoxy) is 5. The topological polar surface area (TPSA) is 104 Å². The van der Waals surface area contributed by atoms with Crippen LogP contribution in [0.1, 0.15) is 37.4 Å². The molecule has 0 aromatic heterocycles. The highest BCUT2D eigenvalue weighted by molar-refractivity contribution is 6.47. The minimum absolute atomic E-state index is 0.00628. The largest absolute Gasteiger partial charge is 0.507 e. The third kappa shape index (κ3) is 5.65. The van der Waals surface area contributed by atoms with Crippen molar-refractivity contribution in [1.29, 1.82) is 0 Å². The molecule has 1 saturated heterocycles. The predicted molar refractivity (Wildman–Crippen MR) is 144 cm³/mol. The maximum absolute atomic E-state index is 13.4. The van der Waals surface area contributed by atoms with Crippen LogP contribution < -0.4 is 18.9 Å². The molecule has 1 N–H and O–H groups in total. The van der Waals surface area contributed by atoms with Crippen molar-refractivity contribution in [3.8, 4) is 23.0 Å². The van der Waals surface area contributed by atoms with E-state index in [1.54, 1.807) is 25.3 Å². The first-order chi connectivity index (χ1) is 18.1. The molecule has 9 nitrogen and oxygen atoms in total. The Bertz CT molecular complexity index is 1240. The number of halogens is 2. The Morgan fingerprint density at radius 2 is 1.68 bits per heavy atom. The Kier molecular flexibility index (Phi) is 9.76. The van der Waals surface area contributed by atoms with Gasteiger partial charge in [-0.15, -0.1) is 0 Å². The molecule has 1 atom stereocenters. The van der Waals surface area contributed by atoms with E-state index in [-0.39, 0.29) is 45.3 Å². The van der Waals surface area contributed by atoms with Crippen molar-refractivity contribution in [1.82, 2.24) is 4.90 Å². The Hall–Kier alpha value is -3.14. The molecule has 1 unspecified atom stereocenters. The van der Waals surface area contributed by atoms with Crippen LogP contribution in [0.15, 0.2) is 29.8 Å². The van der Waals surface area contributed by atoms with E-state index < -0.39 is 23.5 Å². The molecular weight excluding hydrogens is 537 g/mol. The lowest BCUT2D eigenvalue weighted by atomic mass is 9.94. The number of likely N-dealkylation sites (tertiary alicyclic amines) is 1. The third-order valence-corrected chi connectivity index (χ3v) is 6.57. The number of hydrogen-bond acceptors (Lipinski definition) is 8. The molecule has 2 aromatic carbocycles. The number of aliphatic hydroxyl groups is 1. The average Bonchev–Trinajstić information content (AvgIpc) is 3.13. The Balaban J connectivity index is 2.27. The van der Waals surface area contributed by atoms with Gasteiger partial charge < -0.3 is 33.7 Å². The van der Waals surface area contributed by atoms with Gasteiger partial charge in [-0.2, -0.15) is 0 Å². The number of methoxy groups -OCH3 is 4. The highest BCUT2D eigenvalue weighted by Crippen LogP contribution is 2.48. The van der Waals surface area contributed by atoms with Gasteiger partial charge in [0.15, 0.2) is 23.0 Å². The molecule has 0 bridgehead atoms. The minimum atomic E-state index is -0.946. The van der Waals surface area contributed by atoms with Gasteiger partial charge in [0.05, 0.1) is 49.6 Å². The first-order valence-electron chi connectivity index (χ1n) is 11.8. The first kappa shape index (κ1) is 29.4. The van der Waals surface area contributed by atoms with E-state index in [9.17, 15) is 14.7 Å². The SMILES string of the molecule is COCCCN1C(=O)C(=O)/C(=C(/O)c2cc(Cl)c(OC)c(Cl)c2OC)C1c1ccc(OC(C)C)c(OC)c1. The van der Waals surface area contributed by atoms with Crippen LogP contribution in [0.25, 0.3) is 5.76 Å². The monoisotopic (exact) mass is 567 g/mol. The van der Waals surface area contributed by atoms with Crippen LogP contribution in [0.4, 0.5) is 0 Å². The zero-order valence-corrected chi connectivity index (χ0v) is 23.6. The number of nitrogens with zero attached hydrogens (tertiary/aromatic N) is 1. The zero-order valence-electron chi connectivity index (χ0n) is 22.1. The van der Waals surface area contributed by atoms with Gasteiger partial charge in [0, 0.05) is 20.3 Å². The standard InChI is InChI=1S/C27H31Cl2NO8/c1-14(2)38-18-9-8-15(12-19(18)35-4)22-20(24(32)27(33)30(22)10-7-11-34-3)23(31)16-13-17(28)26(37-6)21(29)25(16)36-5/h8-9,12-14,22,31H,7,10-11H2,1-6H3/b23-20+. The van der Waals surface area contributed by atoms with E-state index in [1.165, 1.54) is 32.3 Å². The highest BCUT2D eigenvalue weighted by atomic mass is 35.5. The van der Waals surface area contributed by atoms with Crippen molar-refractivity contribution >= 4 is 40.7 Å². The van der Waals surface area contributed by atoms with E-state index in [0.29, 0.717) is 30.1 Å². The molecule has 11 heteroatoms. The van der Waals surface area contributed by atoms with Gasteiger partial charge in [-0.25, -0.2) is 0 Å². The quantitative estimate of drug-likeness (QED) is 0.169. The summed E-state index contributed by atoms with van der Waals surface area (Å²) in [7, 11) is 5.78. The molecule has 1 aliphatic rings. The maximum atomic E-state index is 13.4. The summed E-state index contributed by atoms with van der Waals surface area (Å²) in [6, 6.07) is 5.52. The summed E-state index contributed by atoms with van der Waals surface area (Å²) in [5.41, 5.74) is 0.415. The molecule has 38 heavy (non-hydrogen) atoms. The van der Waals surface area contributed by atoms with Crippen LogP contribution in [0.5, 0.6) is 23.0 Å². The normalized spacial score (nSPS) is 16.8. The third-order valence-electron chi connectivity index (χ3n) is 5.95. The number of amides is 1. The van der Waals surface area contributed by atoms with E-state index in [0.717, 1.165) is 0 Å². The highest BCUT2D eigenvalue weighted by Gasteiger charge is 2.46. The fourth-order valence-electron chi connectivity index (χ4n) is 4.33. The summed E-state index contributed by atoms with van der Waals surface area (Å²) in [5, 5.41) is 11.6. The smallest absolute Gasteiger partial charge is 0.295 e. The fraction of sp³-hybridized carbons (Fsp3) is 0.407. The molecule has 1 aliphatic heterocycles. The van der Waals surface area contributed by atoms with E-state index in [2.05, 4.69) is 0 Å². The second-order valence-electron chi connectivity index (χ2n) is 8.70. The van der Waals surface area contributed by atoms with Crippen LogP contribution in [0.3, 0.4) is 0 Å². The molecule has 0 aliphatic carbocycles. The lowest BCUT2D eigenvalue weighted by Gasteiger charge is -2.26. The van der Waals surface area contributed by atoms with Gasteiger partial charge in [-0.1, -0.05) is 29.3 Å². The second kappa shape index (κ2) is 12.6. The summed E-state index contributed by atoms with van der Waals surface area (Å²) in [6.07, 6.45) is 0.362. The van der Waals surface area contributed by atoms with E-state index in [1.807, 2.05) is 13.8 Å². The molecular formula is C27H31Cl2NO8. The van der Waals surface area contributed by atoms with Crippen molar-refractivity contribution < 1.29 is 38.4 Å². The van der Waals surface area contributed by atoms with Gasteiger partial charge in [-0.05, 0) is 44.0 Å². The van der Waals surface area contributed by atoms with Crippen molar-refractivity contribution in [2.24, 2.45) is 0 Å². The number of rotatable bonds is 11. The van der Waals surface area contributed by atoms with Crippen molar-refractivity contribution in [3.05, 3.63) is 51.0 Å². The van der Waals surface area contributed by atoms with Crippen LogP contribution >= 0.6 is 23.2 Å². The maximum Gasteiger partial charge on any atom is 0.295 e. The lowest BCUT2D eigenvalue weighted by molar-refractivity contribution is -0.140. The molecule has 3 rings (SSSR count). The number of carbonyl (C=O) groups is 2. The van der Waals surface area contributed by atoms with Crippen molar-refractivity contribution in [2.75, 3.05) is 41.6 Å². The summed E-state index contributed by atoms with van der Waals surface area (Å²) < 4.78 is 27.1. The van der Waals surface area contributed by atoms with Gasteiger partial charge in [0.2, 0.25) is 0 Å². The molecule has 0 saturated carbocycles.